The molecule has 0 heterocycles. The molecule has 0 saturated carbocycles. The minimum Gasteiger partial charge on any atom is -0.464 e. The topological polar surface area (TPSA) is 79.2 Å². The number of unbranched alkanes of at least 4 members (excludes halogenated alkanes) is 2. The highest BCUT2D eigenvalue weighted by molar-refractivity contribution is 5.71. The first-order valence-electron chi connectivity index (χ1n) is 8.85. The Hall–Kier alpha value is -0.690. The standard InChI is InChI=1S/C17H35NO5/c1-3-5-6-7-16(14-22-12-4-2)15-23-17(21)13-18(8-10-19)9-11-20/h16,19-20H,3-15H2,1-2H3. The third-order valence-corrected chi connectivity index (χ3v) is 3.58. The van der Waals surface area contributed by atoms with E-state index in [-0.39, 0.29) is 31.6 Å². The summed E-state index contributed by atoms with van der Waals surface area (Å²) in [6.45, 7) is 6.69. The van der Waals surface area contributed by atoms with Crippen LogP contribution in [0.4, 0.5) is 0 Å². The van der Waals surface area contributed by atoms with Crippen LogP contribution in [0.15, 0.2) is 0 Å². The average molecular weight is 333 g/mol. The van der Waals surface area contributed by atoms with Crippen molar-refractivity contribution in [2.24, 2.45) is 5.92 Å². The van der Waals surface area contributed by atoms with E-state index in [1.54, 1.807) is 4.90 Å². The molecule has 0 aromatic rings. The molecule has 0 fully saturated rings. The molecule has 0 aliphatic heterocycles. The first kappa shape index (κ1) is 22.3. The lowest BCUT2D eigenvalue weighted by Crippen LogP contribution is -2.36. The maximum Gasteiger partial charge on any atom is 0.320 e. The van der Waals surface area contributed by atoms with Crippen LogP contribution < -0.4 is 0 Å². The SMILES string of the molecule is CCCCCC(COCCC)COC(=O)CN(CCO)CCO. The predicted octanol–water partition coefficient (Wildman–Crippen LogP) is 1.44. The van der Waals surface area contributed by atoms with Crippen molar-refractivity contribution < 1.29 is 24.5 Å². The minimum absolute atomic E-state index is 0.0439. The van der Waals surface area contributed by atoms with Gasteiger partial charge >= 0.3 is 5.97 Å². The fourth-order valence-corrected chi connectivity index (χ4v) is 2.28. The van der Waals surface area contributed by atoms with Crippen LogP contribution in [0.1, 0.15) is 46.0 Å². The fraction of sp³-hybridized carbons (Fsp3) is 0.941. The van der Waals surface area contributed by atoms with Gasteiger partial charge in [0, 0.05) is 25.6 Å². The van der Waals surface area contributed by atoms with Crippen LogP contribution in [0.25, 0.3) is 0 Å². The zero-order valence-electron chi connectivity index (χ0n) is 14.8. The Labute approximate surface area is 140 Å². The Morgan fingerprint density at radius 3 is 2.30 bits per heavy atom. The molecule has 0 rings (SSSR count). The predicted molar refractivity (Wildman–Crippen MR) is 90.3 cm³/mol. The molecule has 0 saturated heterocycles. The lowest BCUT2D eigenvalue weighted by molar-refractivity contribution is -0.147. The summed E-state index contributed by atoms with van der Waals surface area (Å²) in [5.74, 6) is -0.0796. The van der Waals surface area contributed by atoms with Gasteiger partial charge in [-0.1, -0.05) is 33.1 Å². The molecule has 138 valence electrons. The molecule has 2 N–H and O–H groups in total. The van der Waals surface area contributed by atoms with E-state index in [1.807, 2.05) is 0 Å². The Kier molecular flexibility index (Phi) is 15.7. The molecule has 0 aliphatic carbocycles. The van der Waals surface area contributed by atoms with Crippen molar-refractivity contribution in [3.05, 3.63) is 0 Å². The monoisotopic (exact) mass is 333 g/mol. The molecule has 0 aromatic carbocycles. The highest BCUT2D eigenvalue weighted by Gasteiger charge is 2.15. The molecule has 0 radical (unpaired) electrons. The molecule has 0 spiro atoms. The second kappa shape index (κ2) is 16.2. The van der Waals surface area contributed by atoms with E-state index in [1.165, 1.54) is 12.8 Å². The first-order chi connectivity index (χ1) is 11.2. The number of nitrogens with zero attached hydrogens (tertiary/aromatic N) is 1. The van der Waals surface area contributed by atoms with Crippen molar-refractivity contribution in [3.63, 3.8) is 0 Å². The minimum atomic E-state index is -0.317. The van der Waals surface area contributed by atoms with Gasteiger partial charge in [-0.25, -0.2) is 0 Å². The highest BCUT2D eigenvalue weighted by atomic mass is 16.5. The first-order valence-corrected chi connectivity index (χ1v) is 8.85. The second-order valence-electron chi connectivity index (χ2n) is 5.84. The Morgan fingerprint density at radius 2 is 1.74 bits per heavy atom. The van der Waals surface area contributed by atoms with Crippen LogP contribution in [0.2, 0.25) is 0 Å². The number of aliphatic hydroxyl groups is 2. The van der Waals surface area contributed by atoms with E-state index < -0.39 is 0 Å². The largest absolute Gasteiger partial charge is 0.464 e. The summed E-state index contributed by atoms with van der Waals surface area (Å²) in [5.41, 5.74) is 0. The maximum absolute atomic E-state index is 11.9. The normalized spacial score (nSPS) is 12.6. The van der Waals surface area contributed by atoms with E-state index in [4.69, 9.17) is 19.7 Å². The van der Waals surface area contributed by atoms with Crippen LogP contribution in [0, 0.1) is 5.92 Å². The number of aliphatic hydroxyl groups excluding tert-OH is 2. The van der Waals surface area contributed by atoms with Gasteiger partial charge in [0.05, 0.1) is 33.0 Å². The molecule has 0 amide bonds. The Bertz CT molecular complexity index is 260. The van der Waals surface area contributed by atoms with Crippen LogP contribution in [0.5, 0.6) is 0 Å². The Balaban J connectivity index is 4.14. The summed E-state index contributed by atoms with van der Waals surface area (Å²) < 4.78 is 11.0. The van der Waals surface area contributed by atoms with Crippen molar-refractivity contribution in [2.45, 2.75) is 46.0 Å². The maximum atomic E-state index is 11.9. The van der Waals surface area contributed by atoms with Crippen molar-refractivity contribution in [1.82, 2.24) is 4.90 Å². The number of esters is 1. The van der Waals surface area contributed by atoms with Crippen LogP contribution in [-0.2, 0) is 14.3 Å². The van der Waals surface area contributed by atoms with Gasteiger partial charge in [-0.3, -0.25) is 9.69 Å². The van der Waals surface area contributed by atoms with Gasteiger partial charge in [0.25, 0.3) is 0 Å². The van der Waals surface area contributed by atoms with Crippen molar-refractivity contribution in [3.8, 4) is 0 Å². The van der Waals surface area contributed by atoms with E-state index in [9.17, 15) is 4.79 Å². The average Bonchev–Trinajstić information content (AvgIpc) is 2.53. The quantitative estimate of drug-likeness (QED) is 0.329. The lowest BCUT2D eigenvalue weighted by Gasteiger charge is -2.21. The smallest absolute Gasteiger partial charge is 0.320 e. The Morgan fingerprint density at radius 1 is 1.04 bits per heavy atom. The van der Waals surface area contributed by atoms with E-state index in [0.29, 0.717) is 26.3 Å². The lowest BCUT2D eigenvalue weighted by atomic mass is 10.0. The molecule has 0 aromatic heterocycles. The molecule has 23 heavy (non-hydrogen) atoms. The number of hydrogen-bond acceptors (Lipinski definition) is 6. The zero-order valence-corrected chi connectivity index (χ0v) is 14.8. The number of hydrogen-bond donors (Lipinski definition) is 2. The molecule has 6 heteroatoms. The summed E-state index contributed by atoms with van der Waals surface area (Å²) in [4.78, 5) is 13.6. The van der Waals surface area contributed by atoms with Crippen LogP contribution >= 0.6 is 0 Å². The van der Waals surface area contributed by atoms with E-state index in [2.05, 4.69) is 13.8 Å². The summed E-state index contributed by atoms with van der Waals surface area (Å²) in [5, 5.41) is 17.9. The molecule has 1 atom stereocenters. The van der Waals surface area contributed by atoms with Gasteiger partial charge in [0.1, 0.15) is 0 Å². The molecule has 0 aliphatic rings. The summed E-state index contributed by atoms with van der Waals surface area (Å²) in [6.07, 6.45) is 5.45. The van der Waals surface area contributed by atoms with Gasteiger partial charge in [-0.15, -0.1) is 0 Å². The zero-order chi connectivity index (χ0) is 17.3. The second-order valence-corrected chi connectivity index (χ2v) is 5.84. The van der Waals surface area contributed by atoms with Gasteiger partial charge < -0.3 is 19.7 Å². The van der Waals surface area contributed by atoms with Gasteiger partial charge in [0.15, 0.2) is 0 Å². The van der Waals surface area contributed by atoms with Crippen LogP contribution in [-0.4, -0.2) is 73.8 Å². The van der Waals surface area contributed by atoms with Gasteiger partial charge in [-0.2, -0.15) is 0 Å². The van der Waals surface area contributed by atoms with Gasteiger partial charge in [-0.05, 0) is 12.8 Å². The third-order valence-electron chi connectivity index (χ3n) is 3.58. The van der Waals surface area contributed by atoms with Crippen molar-refractivity contribution in [2.75, 3.05) is 52.7 Å². The van der Waals surface area contributed by atoms with E-state index >= 15 is 0 Å². The molecular formula is C17H35NO5. The van der Waals surface area contributed by atoms with Crippen LogP contribution in [0.3, 0.4) is 0 Å². The number of carbonyl (C=O) groups excluding carboxylic acids is 1. The molecular weight excluding hydrogens is 298 g/mol. The summed E-state index contributed by atoms with van der Waals surface area (Å²) >= 11 is 0. The number of ether oxygens (including phenoxy) is 2. The van der Waals surface area contributed by atoms with Crippen molar-refractivity contribution in [1.29, 1.82) is 0 Å². The third kappa shape index (κ3) is 13.4. The molecule has 1 unspecified atom stereocenters. The fourth-order valence-electron chi connectivity index (χ4n) is 2.28. The van der Waals surface area contributed by atoms with Crippen molar-refractivity contribution >= 4 is 5.97 Å². The number of carbonyl (C=O) groups is 1. The van der Waals surface area contributed by atoms with Gasteiger partial charge in [0.2, 0.25) is 0 Å². The molecule has 6 nitrogen and oxygen atoms in total. The number of rotatable bonds is 16. The summed E-state index contributed by atoms with van der Waals surface area (Å²) in [7, 11) is 0. The summed E-state index contributed by atoms with van der Waals surface area (Å²) in [6, 6.07) is 0. The highest BCUT2D eigenvalue weighted by Crippen LogP contribution is 2.12. The molecule has 0 bridgehead atoms. The van der Waals surface area contributed by atoms with E-state index in [0.717, 1.165) is 25.9 Å².